The number of benzene rings is 1. The van der Waals surface area contributed by atoms with Crippen molar-refractivity contribution in [2.75, 3.05) is 11.4 Å². The van der Waals surface area contributed by atoms with E-state index in [9.17, 15) is 18.0 Å². The summed E-state index contributed by atoms with van der Waals surface area (Å²) in [6.07, 6.45) is 1.38. The average Bonchev–Trinajstić information content (AvgIpc) is 3.24. The van der Waals surface area contributed by atoms with Gasteiger partial charge in [0.25, 0.3) is 0 Å². The molecule has 1 aliphatic rings. The summed E-state index contributed by atoms with van der Waals surface area (Å²) in [5.74, 6) is -0.215. The molecule has 2 N–H and O–H groups in total. The van der Waals surface area contributed by atoms with Gasteiger partial charge in [-0.25, -0.2) is 8.42 Å². The summed E-state index contributed by atoms with van der Waals surface area (Å²) in [5, 5.41) is 6.35. The number of anilines is 1. The van der Waals surface area contributed by atoms with Gasteiger partial charge in [0.2, 0.25) is 21.8 Å². The first-order chi connectivity index (χ1) is 13.7. The second-order valence-electron chi connectivity index (χ2n) is 7.03. The van der Waals surface area contributed by atoms with E-state index in [1.807, 2.05) is 24.3 Å². The largest absolute Gasteiger partial charge is 0.360 e. The van der Waals surface area contributed by atoms with Gasteiger partial charge in [0.05, 0.1) is 6.04 Å². The Hall–Kier alpha value is -2.72. The third-order valence-electron chi connectivity index (χ3n) is 4.72. The molecule has 29 heavy (non-hydrogen) atoms. The number of carbonyl (C=O) groups is 2. The lowest BCUT2D eigenvalue weighted by atomic mass is 10.2. The molecule has 0 bridgehead atoms. The minimum Gasteiger partial charge on any atom is -0.360 e. The van der Waals surface area contributed by atoms with Gasteiger partial charge in [0.1, 0.15) is 10.6 Å². The second-order valence-corrected chi connectivity index (χ2v) is 8.68. The number of carbonyl (C=O) groups excluding carboxylic acids is 2. The van der Waals surface area contributed by atoms with Gasteiger partial charge in [-0.3, -0.25) is 9.59 Å². The molecular weight excluding hydrogens is 396 g/mol. The molecule has 0 saturated carbocycles. The van der Waals surface area contributed by atoms with Crippen LogP contribution in [0.4, 0.5) is 5.69 Å². The van der Waals surface area contributed by atoms with E-state index < -0.39 is 22.0 Å². The van der Waals surface area contributed by atoms with Crippen LogP contribution in [0.2, 0.25) is 0 Å². The summed E-state index contributed by atoms with van der Waals surface area (Å²) in [6, 6.07) is 6.38. The molecule has 1 saturated heterocycles. The lowest BCUT2D eigenvalue weighted by molar-refractivity contribution is -0.122. The molecule has 1 aromatic heterocycles. The average molecular weight is 420 g/mol. The van der Waals surface area contributed by atoms with Crippen LogP contribution in [0.1, 0.15) is 36.8 Å². The van der Waals surface area contributed by atoms with Gasteiger partial charge < -0.3 is 14.7 Å². The maximum absolute atomic E-state index is 12.5. The molecule has 3 rings (SSSR count). The fourth-order valence-electron chi connectivity index (χ4n) is 3.30. The SMILES string of the molecule is Cc1noc(C)c1S(=O)(=O)N[C@@H](C)C(=O)NCc1cccc(N2CCCC2=O)c1. The highest BCUT2D eigenvalue weighted by Gasteiger charge is 2.28. The Morgan fingerprint density at radius 1 is 1.34 bits per heavy atom. The lowest BCUT2D eigenvalue weighted by Gasteiger charge is -2.17. The molecule has 1 atom stereocenters. The fourth-order valence-corrected chi connectivity index (χ4v) is 4.83. The maximum Gasteiger partial charge on any atom is 0.246 e. The topological polar surface area (TPSA) is 122 Å². The standard InChI is InChI=1S/C19H24N4O5S/c1-12-18(14(3)28-21-12)29(26,27)22-13(2)19(25)20-11-15-6-4-7-16(10-15)23-9-5-8-17(23)24/h4,6-7,10,13,22H,5,8-9,11H2,1-3H3,(H,20,25)/t13-/m0/s1. The number of nitrogens with zero attached hydrogens (tertiary/aromatic N) is 2. The molecule has 2 amide bonds. The van der Waals surface area contributed by atoms with Crippen LogP contribution in [0, 0.1) is 13.8 Å². The first-order valence-electron chi connectivity index (χ1n) is 9.31. The molecule has 10 heteroatoms. The Balaban J connectivity index is 1.61. The van der Waals surface area contributed by atoms with E-state index in [4.69, 9.17) is 4.52 Å². The van der Waals surface area contributed by atoms with Gasteiger partial charge >= 0.3 is 0 Å². The lowest BCUT2D eigenvalue weighted by Crippen LogP contribution is -2.44. The third-order valence-corrected chi connectivity index (χ3v) is 6.51. The van der Waals surface area contributed by atoms with E-state index in [0.29, 0.717) is 13.0 Å². The van der Waals surface area contributed by atoms with Crippen LogP contribution in [0.3, 0.4) is 0 Å². The van der Waals surface area contributed by atoms with Gasteiger partial charge in [-0.05, 0) is 44.9 Å². The Morgan fingerprint density at radius 3 is 2.72 bits per heavy atom. The van der Waals surface area contributed by atoms with Crippen molar-refractivity contribution in [3.8, 4) is 0 Å². The Kier molecular flexibility index (Phi) is 6.04. The predicted octanol–water partition coefficient (Wildman–Crippen LogP) is 1.40. The zero-order valence-electron chi connectivity index (χ0n) is 16.6. The van der Waals surface area contributed by atoms with E-state index in [0.717, 1.165) is 17.7 Å². The molecule has 0 radical (unpaired) electrons. The van der Waals surface area contributed by atoms with Crippen LogP contribution in [-0.4, -0.2) is 38.0 Å². The van der Waals surface area contributed by atoms with Crippen molar-refractivity contribution in [2.24, 2.45) is 0 Å². The van der Waals surface area contributed by atoms with Crippen LogP contribution < -0.4 is 14.9 Å². The molecule has 1 aromatic carbocycles. The van der Waals surface area contributed by atoms with Crippen LogP contribution in [0.15, 0.2) is 33.7 Å². The number of amides is 2. The molecule has 1 aliphatic heterocycles. The molecule has 0 spiro atoms. The van der Waals surface area contributed by atoms with E-state index in [-0.39, 0.29) is 28.8 Å². The number of aryl methyl sites for hydroxylation is 2. The van der Waals surface area contributed by atoms with Gasteiger partial charge in [-0.2, -0.15) is 4.72 Å². The molecule has 0 unspecified atom stereocenters. The maximum atomic E-state index is 12.5. The van der Waals surface area contributed by atoms with Gasteiger partial charge in [0.15, 0.2) is 5.76 Å². The van der Waals surface area contributed by atoms with Crippen molar-refractivity contribution in [1.29, 1.82) is 0 Å². The van der Waals surface area contributed by atoms with Crippen molar-refractivity contribution >= 4 is 27.5 Å². The number of hydrogen-bond acceptors (Lipinski definition) is 6. The quantitative estimate of drug-likeness (QED) is 0.698. The molecule has 156 valence electrons. The molecule has 0 aliphatic carbocycles. The van der Waals surface area contributed by atoms with Gasteiger partial charge in [-0.15, -0.1) is 0 Å². The molecule has 1 fully saturated rings. The highest BCUT2D eigenvalue weighted by Crippen LogP contribution is 2.22. The minimum atomic E-state index is -3.94. The second kappa shape index (κ2) is 8.34. The number of sulfonamides is 1. The molecule has 2 aromatic rings. The van der Waals surface area contributed by atoms with E-state index >= 15 is 0 Å². The Labute approximate surface area is 169 Å². The van der Waals surface area contributed by atoms with Crippen molar-refractivity contribution < 1.29 is 22.5 Å². The van der Waals surface area contributed by atoms with E-state index in [1.165, 1.54) is 20.8 Å². The first-order valence-corrected chi connectivity index (χ1v) is 10.8. The Bertz CT molecular complexity index is 1010. The third kappa shape index (κ3) is 4.65. The monoisotopic (exact) mass is 420 g/mol. The number of nitrogens with one attached hydrogen (secondary N) is 2. The van der Waals surface area contributed by atoms with Crippen LogP contribution in [0.25, 0.3) is 0 Å². The summed E-state index contributed by atoms with van der Waals surface area (Å²) in [6.45, 7) is 5.39. The Morgan fingerprint density at radius 2 is 2.10 bits per heavy atom. The zero-order chi connectivity index (χ0) is 21.2. The smallest absolute Gasteiger partial charge is 0.246 e. The zero-order valence-corrected chi connectivity index (χ0v) is 17.4. The number of rotatable bonds is 7. The highest BCUT2D eigenvalue weighted by atomic mass is 32.2. The summed E-state index contributed by atoms with van der Waals surface area (Å²) < 4.78 is 32.3. The normalized spacial score (nSPS) is 15.6. The molecule has 9 nitrogen and oxygen atoms in total. The van der Waals surface area contributed by atoms with Gasteiger partial charge in [0, 0.05) is 25.2 Å². The van der Waals surface area contributed by atoms with E-state index in [2.05, 4.69) is 15.2 Å². The fraction of sp³-hybridized carbons (Fsp3) is 0.421. The molecular formula is C19H24N4O5S. The van der Waals surface area contributed by atoms with Crippen molar-refractivity contribution in [3.05, 3.63) is 41.3 Å². The summed E-state index contributed by atoms with van der Waals surface area (Å²) in [5.41, 5.74) is 1.85. The molecule has 2 heterocycles. The number of aromatic nitrogens is 1. The predicted molar refractivity (Wildman–Crippen MR) is 106 cm³/mol. The van der Waals surface area contributed by atoms with Crippen LogP contribution in [0.5, 0.6) is 0 Å². The van der Waals surface area contributed by atoms with Crippen molar-refractivity contribution in [2.45, 2.75) is 51.1 Å². The van der Waals surface area contributed by atoms with Crippen molar-refractivity contribution in [1.82, 2.24) is 15.2 Å². The summed E-state index contributed by atoms with van der Waals surface area (Å²) in [4.78, 5) is 26.0. The summed E-state index contributed by atoms with van der Waals surface area (Å²) >= 11 is 0. The minimum absolute atomic E-state index is 0.0554. The number of hydrogen-bond donors (Lipinski definition) is 2. The van der Waals surface area contributed by atoms with Crippen molar-refractivity contribution in [3.63, 3.8) is 0 Å². The first kappa shape index (κ1) is 21.0. The summed E-state index contributed by atoms with van der Waals surface area (Å²) in [7, 11) is -3.94. The van der Waals surface area contributed by atoms with Crippen LogP contribution >= 0.6 is 0 Å². The van der Waals surface area contributed by atoms with Crippen LogP contribution in [-0.2, 0) is 26.2 Å². The van der Waals surface area contributed by atoms with Gasteiger partial charge in [-0.1, -0.05) is 17.3 Å². The highest BCUT2D eigenvalue weighted by molar-refractivity contribution is 7.89. The van der Waals surface area contributed by atoms with E-state index in [1.54, 1.807) is 4.90 Å².